The van der Waals surface area contributed by atoms with Crippen molar-refractivity contribution in [1.82, 2.24) is 35.3 Å². The molecule has 0 bridgehead atoms. The van der Waals surface area contributed by atoms with Crippen molar-refractivity contribution in [3.8, 4) is 5.75 Å². The van der Waals surface area contributed by atoms with Crippen LogP contribution in [0.15, 0.2) is 49.1 Å². The van der Waals surface area contributed by atoms with Crippen LogP contribution in [0.4, 0.5) is 0 Å². The largest absolute Gasteiger partial charge is 0.464 e. The Morgan fingerprint density at radius 3 is 2.75 bits per heavy atom. The van der Waals surface area contributed by atoms with Crippen LogP contribution in [0.2, 0.25) is 0 Å². The number of hydrogen-bond acceptors (Lipinski definition) is 6. The first-order chi connectivity index (χ1) is 11.9. The van der Waals surface area contributed by atoms with Crippen LogP contribution in [-0.4, -0.2) is 43.1 Å². The molecule has 3 aromatic rings. The molecule has 1 aliphatic heterocycles. The quantitative estimate of drug-likeness (QED) is 0.764. The molecule has 0 radical (unpaired) electrons. The third-order valence-electron chi connectivity index (χ3n) is 4.19. The van der Waals surface area contributed by atoms with Crippen molar-refractivity contribution in [3.05, 3.63) is 54.6 Å². The van der Waals surface area contributed by atoms with Crippen LogP contribution in [0.3, 0.4) is 0 Å². The van der Waals surface area contributed by atoms with E-state index >= 15 is 0 Å². The molecule has 1 unspecified atom stereocenters. The van der Waals surface area contributed by atoms with E-state index in [0.29, 0.717) is 6.04 Å². The van der Waals surface area contributed by atoms with E-state index in [-0.39, 0.29) is 0 Å². The molecule has 0 saturated carbocycles. The van der Waals surface area contributed by atoms with Crippen molar-refractivity contribution in [1.29, 1.82) is 0 Å². The SMILES string of the molecule is c1ccc(OC(c2cnn(C3CCNCC3)c2)n2cnnn2)cc1. The van der Waals surface area contributed by atoms with Crippen LogP contribution in [0.5, 0.6) is 5.75 Å². The van der Waals surface area contributed by atoms with E-state index in [4.69, 9.17) is 4.74 Å². The zero-order valence-electron chi connectivity index (χ0n) is 13.2. The van der Waals surface area contributed by atoms with Crippen LogP contribution in [0.1, 0.15) is 30.7 Å². The van der Waals surface area contributed by atoms with E-state index in [1.807, 2.05) is 47.4 Å². The highest BCUT2D eigenvalue weighted by atomic mass is 16.5. The van der Waals surface area contributed by atoms with E-state index in [2.05, 4.69) is 25.9 Å². The summed E-state index contributed by atoms with van der Waals surface area (Å²) in [6.45, 7) is 2.05. The highest BCUT2D eigenvalue weighted by Gasteiger charge is 2.22. The molecule has 24 heavy (non-hydrogen) atoms. The first kappa shape index (κ1) is 14.8. The van der Waals surface area contributed by atoms with E-state index in [9.17, 15) is 0 Å². The summed E-state index contributed by atoms with van der Waals surface area (Å²) in [7, 11) is 0. The van der Waals surface area contributed by atoms with Gasteiger partial charge in [-0.05, 0) is 48.5 Å². The molecule has 0 aliphatic carbocycles. The number of aromatic nitrogens is 6. The molecule has 1 fully saturated rings. The van der Waals surface area contributed by atoms with E-state index in [1.54, 1.807) is 11.0 Å². The maximum absolute atomic E-state index is 6.10. The molecule has 1 N–H and O–H groups in total. The molecule has 1 aliphatic rings. The number of hydrogen-bond donors (Lipinski definition) is 1. The Kier molecular flexibility index (Phi) is 4.20. The predicted molar refractivity (Wildman–Crippen MR) is 86.4 cm³/mol. The molecule has 3 heterocycles. The summed E-state index contributed by atoms with van der Waals surface area (Å²) in [4.78, 5) is 0. The zero-order chi connectivity index (χ0) is 16.2. The monoisotopic (exact) mass is 325 g/mol. The molecule has 0 amide bonds. The van der Waals surface area contributed by atoms with Gasteiger partial charge in [-0.1, -0.05) is 18.2 Å². The fourth-order valence-corrected chi connectivity index (χ4v) is 2.93. The molecule has 1 aromatic carbocycles. The van der Waals surface area contributed by atoms with Crippen molar-refractivity contribution in [3.63, 3.8) is 0 Å². The van der Waals surface area contributed by atoms with Gasteiger partial charge in [-0.15, -0.1) is 5.10 Å². The number of nitrogens with one attached hydrogen (secondary N) is 1. The molecular formula is C16H19N7O. The third kappa shape index (κ3) is 3.13. The minimum absolute atomic E-state index is 0.422. The summed E-state index contributed by atoms with van der Waals surface area (Å²) in [5.74, 6) is 0.757. The molecule has 124 valence electrons. The van der Waals surface area contributed by atoms with Gasteiger partial charge >= 0.3 is 0 Å². The molecular weight excluding hydrogens is 306 g/mol. The van der Waals surface area contributed by atoms with Gasteiger partial charge in [0.2, 0.25) is 6.23 Å². The van der Waals surface area contributed by atoms with Crippen LogP contribution in [-0.2, 0) is 0 Å². The standard InChI is InChI=1S/C16H19N7O/c1-2-4-15(5-3-1)24-16(23-12-18-20-21-23)13-10-19-22(11-13)14-6-8-17-9-7-14/h1-5,10-12,14,16-17H,6-9H2. The third-order valence-corrected chi connectivity index (χ3v) is 4.19. The summed E-state index contributed by atoms with van der Waals surface area (Å²) >= 11 is 0. The average Bonchev–Trinajstić information content (AvgIpc) is 3.34. The van der Waals surface area contributed by atoms with Gasteiger partial charge in [0.25, 0.3) is 0 Å². The fourth-order valence-electron chi connectivity index (χ4n) is 2.93. The Labute approximate surface area is 139 Å². The molecule has 1 saturated heterocycles. The lowest BCUT2D eigenvalue weighted by Crippen LogP contribution is -2.29. The number of rotatable bonds is 5. The summed E-state index contributed by atoms with van der Waals surface area (Å²) < 4.78 is 9.72. The van der Waals surface area contributed by atoms with Crippen molar-refractivity contribution >= 4 is 0 Å². The molecule has 4 rings (SSSR count). The highest BCUT2D eigenvalue weighted by molar-refractivity contribution is 5.23. The van der Waals surface area contributed by atoms with Gasteiger partial charge in [0.15, 0.2) is 0 Å². The van der Waals surface area contributed by atoms with Gasteiger partial charge in [0.05, 0.1) is 17.8 Å². The number of ether oxygens (including phenoxy) is 1. The number of nitrogens with zero attached hydrogens (tertiary/aromatic N) is 6. The van der Waals surface area contributed by atoms with Gasteiger partial charge in [0.1, 0.15) is 12.1 Å². The second-order valence-corrected chi connectivity index (χ2v) is 5.81. The van der Waals surface area contributed by atoms with E-state index < -0.39 is 6.23 Å². The second kappa shape index (κ2) is 6.79. The van der Waals surface area contributed by atoms with Gasteiger partial charge in [-0.2, -0.15) is 9.78 Å². The molecule has 8 nitrogen and oxygen atoms in total. The maximum Gasteiger partial charge on any atom is 0.223 e. The Hall–Kier alpha value is -2.74. The van der Waals surface area contributed by atoms with Crippen LogP contribution in [0, 0.1) is 0 Å². The van der Waals surface area contributed by atoms with Crippen molar-refractivity contribution in [2.24, 2.45) is 0 Å². The van der Waals surface area contributed by atoms with Gasteiger partial charge in [0, 0.05) is 6.20 Å². The number of para-hydroxylation sites is 1. The molecule has 8 heteroatoms. The fraction of sp³-hybridized carbons (Fsp3) is 0.375. The van der Waals surface area contributed by atoms with Gasteiger partial charge in [-0.3, -0.25) is 4.68 Å². The summed E-state index contributed by atoms with van der Waals surface area (Å²) in [6.07, 6.45) is 7.13. The smallest absolute Gasteiger partial charge is 0.223 e. The molecule has 2 aromatic heterocycles. The average molecular weight is 325 g/mol. The lowest BCUT2D eigenvalue weighted by atomic mass is 10.1. The minimum atomic E-state index is -0.446. The molecule has 1 atom stereocenters. The molecule has 0 spiro atoms. The zero-order valence-corrected chi connectivity index (χ0v) is 13.2. The topological polar surface area (TPSA) is 82.7 Å². The van der Waals surface area contributed by atoms with Crippen molar-refractivity contribution in [2.45, 2.75) is 25.1 Å². The number of benzene rings is 1. The predicted octanol–water partition coefficient (Wildman–Crippen LogP) is 1.42. The Morgan fingerprint density at radius 2 is 2.00 bits per heavy atom. The van der Waals surface area contributed by atoms with Crippen molar-refractivity contribution < 1.29 is 4.74 Å². The Morgan fingerprint density at radius 1 is 1.17 bits per heavy atom. The lowest BCUT2D eigenvalue weighted by Gasteiger charge is -2.23. The highest BCUT2D eigenvalue weighted by Crippen LogP contribution is 2.25. The van der Waals surface area contributed by atoms with E-state index in [0.717, 1.165) is 37.2 Å². The lowest BCUT2D eigenvalue weighted by molar-refractivity contribution is 0.156. The van der Waals surface area contributed by atoms with E-state index in [1.165, 1.54) is 0 Å². The van der Waals surface area contributed by atoms with Crippen LogP contribution < -0.4 is 10.1 Å². The van der Waals surface area contributed by atoms with Crippen molar-refractivity contribution in [2.75, 3.05) is 13.1 Å². The number of piperidine rings is 1. The van der Waals surface area contributed by atoms with Gasteiger partial charge in [-0.25, -0.2) is 0 Å². The maximum atomic E-state index is 6.10. The summed E-state index contributed by atoms with van der Waals surface area (Å²) in [5.41, 5.74) is 0.921. The van der Waals surface area contributed by atoms with Gasteiger partial charge < -0.3 is 10.1 Å². The Bertz CT molecular complexity index is 750. The minimum Gasteiger partial charge on any atom is -0.464 e. The van der Waals surface area contributed by atoms with Crippen LogP contribution >= 0.6 is 0 Å². The summed E-state index contributed by atoms with van der Waals surface area (Å²) in [6, 6.07) is 10.1. The van der Waals surface area contributed by atoms with Crippen LogP contribution in [0.25, 0.3) is 0 Å². The first-order valence-corrected chi connectivity index (χ1v) is 8.09. The normalized spacial score (nSPS) is 16.8. The Balaban J connectivity index is 1.60. The number of tetrazole rings is 1. The summed E-state index contributed by atoms with van der Waals surface area (Å²) in [5, 5.41) is 19.4. The second-order valence-electron chi connectivity index (χ2n) is 5.81. The first-order valence-electron chi connectivity index (χ1n) is 8.09.